The zero-order valence-electron chi connectivity index (χ0n) is 8.47. The van der Waals surface area contributed by atoms with E-state index in [2.05, 4.69) is 4.98 Å². The zero-order chi connectivity index (χ0) is 10.6. The van der Waals surface area contributed by atoms with Crippen LogP contribution in [0.1, 0.15) is 5.56 Å². The van der Waals surface area contributed by atoms with Crippen molar-refractivity contribution in [3.63, 3.8) is 0 Å². The number of carbonyl (C=O) groups excluding carboxylic acids is 1. The third-order valence-corrected chi connectivity index (χ3v) is 1.96. The average molecular weight is 193 g/mol. The van der Waals surface area contributed by atoms with Crippen LogP contribution in [0.2, 0.25) is 0 Å². The van der Waals surface area contributed by atoms with Crippen LogP contribution < -0.4 is 5.73 Å². The highest BCUT2D eigenvalue weighted by Crippen LogP contribution is 2.01. The molecule has 0 bridgehead atoms. The van der Waals surface area contributed by atoms with Crippen molar-refractivity contribution in [2.45, 2.75) is 12.5 Å². The molecule has 1 heterocycles. The van der Waals surface area contributed by atoms with Crippen molar-refractivity contribution in [2.24, 2.45) is 5.73 Å². The minimum Gasteiger partial charge on any atom is -0.347 e. The second kappa shape index (κ2) is 4.72. The van der Waals surface area contributed by atoms with Gasteiger partial charge in [0.25, 0.3) is 0 Å². The Balaban J connectivity index is 2.57. The summed E-state index contributed by atoms with van der Waals surface area (Å²) in [4.78, 5) is 16.8. The molecule has 0 saturated heterocycles. The zero-order valence-corrected chi connectivity index (χ0v) is 8.47. The molecule has 0 saturated carbocycles. The average Bonchev–Trinajstić information content (AvgIpc) is 2.18. The van der Waals surface area contributed by atoms with Crippen molar-refractivity contribution in [3.8, 4) is 0 Å². The summed E-state index contributed by atoms with van der Waals surface area (Å²) in [5, 5.41) is 0. The van der Waals surface area contributed by atoms with Crippen LogP contribution in [0.3, 0.4) is 0 Å². The van der Waals surface area contributed by atoms with Crippen molar-refractivity contribution < 1.29 is 4.79 Å². The largest absolute Gasteiger partial charge is 0.347 e. The third-order valence-electron chi connectivity index (χ3n) is 1.96. The molecular weight excluding hydrogens is 178 g/mol. The van der Waals surface area contributed by atoms with E-state index in [1.807, 2.05) is 12.1 Å². The highest BCUT2D eigenvalue weighted by molar-refractivity contribution is 5.81. The smallest absolute Gasteiger partial charge is 0.239 e. The molecular formula is C10H15N3O. The molecule has 4 nitrogen and oxygen atoms in total. The van der Waals surface area contributed by atoms with Crippen molar-refractivity contribution in [1.29, 1.82) is 0 Å². The van der Waals surface area contributed by atoms with Crippen molar-refractivity contribution in [1.82, 2.24) is 9.88 Å². The number of likely N-dealkylation sites (N-methyl/N-ethyl adjacent to an activating group) is 1. The van der Waals surface area contributed by atoms with Crippen LogP contribution >= 0.6 is 0 Å². The first-order valence-corrected chi connectivity index (χ1v) is 4.47. The Morgan fingerprint density at radius 3 is 2.57 bits per heavy atom. The van der Waals surface area contributed by atoms with Gasteiger partial charge in [-0.25, -0.2) is 0 Å². The van der Waals surface area contributed by atoms with Gasteiger partial charge in [0.15, 0.2) is 0 Å². The van der Waals surface area contributed by atoms with Crippen LogP contribution in [-0.4, -0.2) is 35.9 Å². The van der Waals surface area contributed by atoms with Crippen molar-refractivity contribution in [2.75, 3.05) is 14.1 Å². The van der Waals surface area contributed by atoms with E-state index < -0.39 is 6.04 Å². The van der Waals surface area contributed by atoms with Gasteiger partial charge in [-0.05, 0) is 24.1 Å². The van der Waals surface area contributed by atoms with Gasteiger partial charge in [0.1, 0.15) is 0 Å². The van der Waals surface area contributed by atoms with Gasteiger partial charge in [-0.1, -0.05) is 0 Å². The maximum Gasteiger partial charge on any atom is 0.239 e. The third kappa shape index (κ3) is 2.81. The second-order valence-electron chi connectivity index (χ2n) is 3.40. The molecule has 1 aromatic rings. The molecule has 0 aliphatic rings. The number of amides is 1. The summed E-state index contributed by atoms with van der Waals surface area (Å²) in [5.74, 6) is -0.0539. The number of nitrogens with two attached hydrogens (primary N) is 1. The number of nitrogens with zero attached hydrogens (tertiary/aromatic N) is 2. The Bertz CT molecular complexity index is 297. The number of hydrogen-bond acceptors (Lipinski definition) is 3. The van der Waals surface area contributed by atoms with Gasteiger partial charge in [0, 0.05) is 26.5 Å². The predicted octanol–water partition coefficient (Wildman–Crippen LogP) is 0.0396. The quantitative estimate of drug-likeness (QED) is 0.737. The van der Waals surface area contributed by atoms with Gasteiger partial charge in [-0.2, -0.15) is 0 Å². The first kappa shape index (κ1) is 10.7. The Hall–Kier alpha value is -1.42. The SMILES string of the molecule is CN(C)C(=O)C(N)Cc1ccncc1. The van der Waals surface area contributed by atoms with Gasteiger partial charge in [-0.15, -0.1) is 0 Å². The van der Waals surface area contributed by atoms with E-state index in [-0.39, 0.29) is 5.91 Å². The fourth-order valence-corrected chi connectivity index (χ4v) is 1.19. The lowest BCUT2D eigenvalue weighted by molar-refractivity contribution is -0.130. The molecule has 1 amide bonds. The summed E-state index contributed by atoms with van der Waals surface area (Å²) < 4.78 is 0. The second-order valence-corrected chi connectivity index (χ2v) is 3.40. The molecule has 1 aromatic heterocycles. The van der Waals surface area contributed by atoms with Crippen LogP contribution in [0.4, 0.5) is 0 Å². The summed E-state index contributed by atoms with van der Waals surface area (Å²) in [6.07, 6.45) is 3.95. The molecule has 1 unspecified atom stereocenters. The van der Waals surface area contributed by atoms with Gasteiger partial charge in [0.05, 0.1) is 6.04 Å². The van der Waals surface area contributed by atoms with Crippen LogP contribution in [0.5, 0.6) is 0 Å². The predicted molar refractivity (Wildman–Crippen MR) is 54.6 cm³/mol. The number of hydrogen-bond donors (Lipinski definition) is 1. The summed E-state index contributed by atoms with van der Waals surface area (Å²) >= 11 is 0. The molecule has 0 fully saturated rings. The van der Waals surface area contributed by atoms with E-state index >= 15 is 0 Å². The van der Waals surface area contributed by atoms with E-state index in [0.29, 0.717) is 6.42 Å². The van der Waals surface area contributed by atoms with E-state index in [0.717, 1.165) is 5.56 Å². The van der Waals surface area contributed by atoms with E-state index in [1.54, 1.807) is 26.5 Å². The first-order valence-electron chi connectivity index (χ1n) is 4.47. The van der Waals surface area contributed by atoms with Crippen LogP contribution in [0.15, 0.2) is 24.5 Å². The van der Waals surface area contributed by atoms with Crippen LogP contribution in [-0.2, 0) is 11.2 Å². The van der Waals surface area contributed by atoms with Gasteiger partial charge in [0.2, 0.25) is 5.91 Å². The molecule has 0 radical (unpaired) electrons. The molecule has 2 N–H and O–H groups in total. The lowest BCUT2D eigenvalue weighted by atomic mass is 10.1. The summed E-state index contributed by atoms with van der Waals surface area (Å²) in [6.45, 7) is 0. The molecule has 0 spiro atoms. The van der Waals surface area contributed by atoms with E-state index in [1.165, 1.54) is 4.90 Å². The molecule has 14 heavy (non-hydrogen) atoms. The number of aromatic nitrogens is 1. The molecule has 0 aliphatic heterocycles. The molecule has 1 atom stereocenters. The maximum absolute atomic E-state index is 11.4. The Kier molecular flexibility index (Phi) is 3.59. The van der Waals surface area contributed by atoms with Crippen molar-refractivity contribution >= 4 is 5.91 Å². The molecule has 76 valence electrons. The summed E-state index contributed by atoms with van der Waals surface area (Å²) in [6, 6.07) is 3.26. The Morgan fingerprint density at radius 2 is 2.07 bits per heavy atom. The van der Waals surface area contributed by atoms with Crippen LogP contribution in [0, 0.1) is 0 Å². The standard InChI is InChI=1S/C10H15N3O/c1-13(2)10(14)9(11)7-8-3-5-12-6-4-8/h3-6,9H,7,11H2,1-2H3. The van der Waals surface area contributed by atoms with Crippen molar-refractivity contribution in [3.05, 3.63) is 30.1 Å². The Labute approximate surface area is 83.7 Å². The topological polar surface area (TPSA) is 59.2 Å². The lowest BCUT2D eigenvalue weighted by Gasteiger charge is -2.16. The molecule has 1 rings (SSSR count). The van der Waals surface area contributed by atoms with Gasteiger partial charge < -0.3 is 10.6 Å². The highest BCUT2D eigenvalue weighted by Gasteiger charge is 2.15. The molecule has 4 heteroatoms. The number of rotatable bonds is 3. The first-order chi connectivity index (χ1) is 6.61. The normalized spacial score (nSPS) is 12.2. The molecule has 0 aromatic carbocycles. The molecule has 0 aliphatic carbocycles. The van der Waals surface area contributed by atoms with Crippen LogP contribution in [0.25, 0.3) is 0 Å². The summed E-state index contributed by atoms with van der Waals surface area (Å²) in [7, 11) is 3.41. The van der Waals surface area contributed by atoms with Gasteiger partial charge in [-0.3, -0.25) is 9.78 Å². The Morgan fingerprint density at radius 1 is 1.50 bits per heavy atom. The maximum atomic E-state index is 11.4. The highest BCUT2D eigenvalue weighted by atomic mass is 16.2. The van der Waals surface area contributed by atoms with E-state index in [4.69, 9.17) is 5.73 Å². The minimum atomic E-state index is -0.465. The number of pyridine rings is 1. The van der Waals surface area contributed by atoms with Gasteiger partial charge >= 0.3 is 0 Å². The number of carbonyl (C=O) groups is 1. The summed E-state index contributed by atoms with van der Waals surface area (Å²) in [5.41, 5.74) is 6.77. The monoisotopic (exact) mass is 193 g/mol. The fraction of sp³-hybridized carbons (Fsp3) is 0.400. The minimum absolute atomic E-state index is 0.0539. The lowest BCUT2D eigenvalue weighted by Crippen LogP contribution is -2.41. The van der Waals surface area contributed by atoms with E-state index in [9.17, 15) is 4.79 Å². The fourth-order valence-electron chi connectivity index (χ4n) is 1.19.